The first-order chi connectivity index (χ1) is 9.19. The van der Waals surface area contributed by atoms with Crippen molar-refractivity contribution in [1.82, 2.24) is 4.98 Å². The molecule has 0 spiro atoms. The zero-order valence-electron chi connectivity index (χ0n) is 9.39. The van der Waals surface area contributed by atoms with Crippen LogP contribution < -0.4 is 4.18 Å². The van der Waals surface area contributed by atoms with E-state index in [4.69, 9.17) is 16.0 Å². The maximum Gasteiger partial charge on any atom is 0.534 e. The molecular weight excluding hydrogens is 323 g/mol. The maximum absolute atomic E-state index is 12.1. The molecule has 0 saturated carbocycles. The van der Waals surface area contributed by atoms with Gasteiger partial charge in [0.05, 0.1) is 0 Å². The Morgan fingerprint density at radius 3 is 2.35 bits per heavy atom. The lowest BCUT2D eigenvalue weighted by atomic mass is 10.2. The summed E-state index contributed by atoms with van der Waals surface area (Å²) in [5.41, 5.74) is -5.14. The van der Waals surface area contributed by atoms with Crippen LogP contribution in [0.2, 0.25) is 5.02 Å². The van der Waals surface area contributed by atoms with E-state index in [9.17, 15) is 21.6 Å². The molecular formula is C10H5ClF3NO4S. The van der Waals surface area contributed by atoms with Crippen LogP contribution in [0.25, 0.3) is 11.5 Å². The van der Waals surface area contributed by atoms with Crippen molar-refractivity contribution in [3.63, 3.8) is 0 Å². The van der Waals surface area contributed by atoms with E-state index in [0.29, 0.717) is 16.8 Å². The summed E-state index contributed by atoms with van der Waals surface area (Å²) in [6, 6.07) is 6.01. The second-order valence-corrected chi connectivity index (χ2v) is 5.46. The van der Waals surface area contributed by atoms with E-state index in [-0.39, 0.29) is 5.89 Å². The standard InChI is InChI=1S/C10H5ClF3NO4S/c11-7-3-1-6(2-4-7)9-15-8(5-18-9)19-20(16,17)10(12,13)14/h1-5H. The highest BCUT2D eigenvalue weighted by atomic mass is 35.5. The summed E-state index contributed by atoms with van der Waals surface area (Å²) in [6.07, 6.45) is 0.660. The Bertz CT molecular complexity index is 709. The van der Waals surface area contributed by atoms with Gasteiger partial charge in [-0.2, -0.15) is 26.6 Å². The molecule has 0 atom stereocenters. The summed E-state index contributed by atoms with van der Waals surface area (Å²) < 4.78 is 66.5. The van der Waals surface area contributed by atoms with Gasteiger partial charge in [-0.3, -0.25) is 0 Å². The molecule has 2 rings (SSSR count). The molecule has 0 amide bonds. The van der Waals surface area contributed by atoms with E-state index in [2.05, 4.69) is 9.17 Å². The molecule has 0 saturated heterocycles. The molecule has 0 bridgehead atoms. The summed E-state index contributed by atoms with van der Waals surface area (Å²) in [4.78, 5) is 3.50. The van der Waals surface area contributed by atoms with E-state index in [1.807, 2.05) is 0 Å². The number of rotatable bonds is 3. The Morgan fingerprint density at radius 1 is 1.20 bits per heavy atom. The lowest BCUT2D eigenvalue weighted by molar-refractivity contribution is -0.0501. The van der Waals surface area contributed by atoms with Gasteiger partial charge in [-0.1, -0.05) is 11.6 Å². The van der Waals surface area contributed by atoms with Crippen molar-refractivity contribution >= 4 is 21.7 Å². The van der Waals surface area contributed by atoms with Gasteiger partial charge in [0.15, 0.2) is 6.26 Å². The van der Waals surface area contributed by atoms with Crippen LogP contribution in [0.3, 0.4) is 0 Å². The number of hydrogen-bond acceptors (Lipinski definition) is 5. The maximum atomic E-state index is 12.1. The van der Waals surface area contributed by atoms with E-state index in [1.54, 1.807) is 0 Å². The first-order valence-electron chi connectivity index (χ1n) is 4.91. The number of alkyl halides is 3. The number of benzene rings is 1. The van der Waals surface area contributed by atoms with Crippen LogP contribution in [0.4, 0.5) is 13.2 Å². The third kappa shape index (κ3) is 3.05. The van der Waals surface area contributed by atoms with Gasteiger partial charge in [0.25, 0.3) is 5.88 Å². The molecule has 0 aliphatic rings. The second-order valence-electron chi connectivity index (χ2n) is 3.48. The second kappa shape index (κ2) is 4.98. The molecule has 0 N–H and O–H groups in total. The van der Waals surface area contributed by atoms with Crippen LogP contribution in [0.15, 0.2) is 34.9 Å². The summed E-state index contributed by atoms with van der Waals surface area (Å²) >= 11 is 5.66. The van der Waals surface area contributed by atoms with Crippen LogP contribution in [-0.2, 0) is 10.1 Å². The SMILES string of the molecule is O=S(=O)(Oc1coc(-c2ccc(Cl)cc2)n1)C(F)(F)F. The summed E-state index contributed by atoms with van der Waals surface area (Å²) in [5.74, 6) is -0.915. The van der Waals surface area contributed by atoms with Gasteiger partial charge in [0, 0.05) is 10.6 Å². The highest BCUT2D eigenvalue weighted by Gasteiger charge is 2.49. The topological polar surface area (TPSA) is 69.4 Å². The molecule has 0 unspecified atom stereocenters. The van der Waals surface area contributed by atoms with Crippen molar-refractivity contribution in [3.8, 4) is 17.3 Å². The summed E-state index contributed by atoms with van der Waals surface area (Å²) in [7, 11) is -5.77. The van der Waals surface area contributed by atoms with Crippen molar-refractivity contribution in [2.45, 2.75) is 5.51 Å². The molecule has 1 aromatic carbocycles. The number of oxazole rings is 1. The average Bonchev–Trinajstić information content (AvgIpc) is 2.76. The molecule has 0 radical (unpaired) electrons. The van der Waals surface area contributed by atoms with Gasteiger partial charge in [0.2, 0.25) is 5.89 Å². The quantitative estimate of drug-likeness (QED) is 0.639. The molecule has 20 heavy (non-hydrogen) atoms. The Morgan fingerprint density at radius 2 is 1.80 bits per heavy atom. The molecule has 0 fully saturated rings. The molecule has 1 aromatic heterocycles. The lowest BCUT2D eigenvalue weighted by Gasteiger charge is -2.05. The largest absolute Gasteiger partial charge is 0.534 e. The van der Waals surface area contributed by atoms with Gasteiger partial charge < -0.3 is 8.60 Å². The van der Waals surface area contributed by atoms with Crippen LogP contribution in [-0.4, -0.2) is 18.9 Å². The van der Waals surface area contributed by atoms with E-state index in [1.165, 1.54) is 24.3 Å². The number of hydrogen-bond donors (Lipinski definition) is 0. The Balaban J connectivity index is 2.24. The van der Waals surface area contributed by atoms with E-state index >= 15 is 0 Å². The van der Waals surface area contributed by atoms with Gasteiger partial charge in [-0.25, -0.2) is 0 Å². The fraction of sp³-hybridized carbons (Fsp3) is 0.100. The normalized spacial score (nSPS) is 12.4. The Hall–Kier alpha value is -1.74. The van der Waals surface area contributed by atoms with Crippen LogP contribution >= 0.6 is 11.6 Å². The monoisotopic (exact) mass is 327 g/mol. The molecule has 1 heterocycles. The lowest BCUT2D eigenvalue weighted by Crippen LogP contribution is -2.28. The minimum absolute atomic E-state index is 0.103. The molecule has 0 aliphatic heterocycles. The number of aromatic nitrogens is 1. The first kappa shape index (κ1) is 14.7. The number of nitrogens with zero attached hydrogens (tertiary/aromatic N) is 1. The van der Waals surface area contributed by atoms with Crippen LogP contribution in [0, 0.1) is 0 Å². The predicted octanol–water partition coefficient (Wildman–Crippen LogP) is 3.22. The molecule has 2 aromatic rings. The van der Waals surface area contributed by atoms with Crippen LogP contribution in [0.1, 0.15) is 0 Å². The summed E-state index contributed by atoms with van der Waals surface area (Å²) in [6.45, 7) is 0. The third-order valence-electron chi connectivity index (χ3n) is 2.05. The predicted molar refractivity (Wildman–Crippen MR) is 62.6 cm³/mol. The van der Waals surface area contributed by atoms with Crippen molar-refractivity contribution in [2.75, 3.05) is 0 Å². The zero-order valence-corrected chi connectivity index (χ0v) is 11.0. The fourth-order valence-corrected chi connectivity index (χ4v) is 1.70. The Kier molecular flexibility index (Phi) is 3.65. The van der Waals surface area contributed by atoms with Gasteiger partial charge in [0.1, 0.15) is 0 Å². The number of halogens is 4. The Labute approximate surface area is 116 Å². The van der Waals surface area contributed by atoms with E-state index < -0.39 is 21.5 Å². The molecule has 0 aliphatic carbocycles. The minimum Gasteiger partial charge on any atom is -0.440 e. The van der Waals surface area contributed by atoms with Gasteiger partial charge in [-0.15, -0.1) is 0 Å². The average molecular weight is 328 g/mol. The van der Waals surface area contributed by atoms with Gasteiger partial charge in [-0.05, 0) is 24.3 Å². The van der Waals surface area contributed by atoms with Crippen LogP contribution in [0.5, 0.6) is 5.88 Å². The van der Waals surface area contributed by atoms with Crippen molar-refractivity contribution in [3.05, 3.63) is 35.6 Å². The zero-order chi connectivity index (χ0) is 15.0. The van der Waals surface area contributed by atoms with Crippen molar-refractivity contribution in [1.29, 1.82) is 0 Å². The highest BCUT2D eigenvalue weighted by Crippen LogP contribution is 2.28. The third-order valence-corrected chi connectivity index (χ3v) is 3.26. The highest BCUT2D eigenvalue weighted by molar-refractivity contribution is 7.87. The fourth-order valence-electron chi connectivity index (χ4n) is 1.18. The molecule has 5 nitrogen and oxygen atoms in total. The van der Waals surface area contributed by atoms with Gasteiger partial charge >= 0.3 is 15.6 Å². The van der Waals surface area contributed by atoms with E-state index in [0.717, 1.165) is 0 Å². The summed E-state index contributed by atoms with van der Waals surface area (Å²) in [5, 5.41) is 0.441. The minimum atomic E-state index is -5.77. The molecule has 108 valence electrons. The molecule has 10 heteroatoms. The van der Waals surface area contributed by atoms with Crippen molar-refractivity contribution in [2.24, 2.45) is 0 Å². The first-order valence-corrected chi connectivity index (χ1v) is 6.70. The smallest absolute Gasteiger partial charge is 0.440 e. The van der Waals surface area contributed by atoms with Crippen molar-refractivity contribution < 1.29 is 30.2 Å².